The number of amides is 1. The zero-order chi connectivity index (χ0) is 50.0. The van der Waals surface area contributed by atoms with Gasteiger partial charge in [0.15, 0.2) is 6.79 Å². The molecule has 0 aliphatic carbocycles. The van der Waals surface area contributed by atoms with Gasteiger partial charge in [0.25, 0.3) is 5.91 Å². The maximum atomic E-state index is 13.9. The van der Waals surface area contributed by atoms with Crippen LogP contribution in [0.2, 0.25) is 0 Å². The number of carbonyl (C=O) groups excluding carboxylic acids is 1. The van der Waals surface area contributed by atoms with Crippen LogP contribution in [0.4, 0.5) is 14.5 Å². The zero-order valence-corrected chi connectivity index (χ0v) is 38.3. The van der Waals surface area contributed by atoms with Crippen LogP contribution < -0.4 is 30.0 Å². The molecule has 71 heavy (non-hydrogen) atoms. The maximum absolute atomic E-state index is 13.9. The van der Waals surface area contributed by atoms with Crippen LogP contribution in [0, 0.1) is 11.6 Å². The fourth-order valence-corrected chi connectivity index (χ4v) is 7.78. The summed E-state index contributed by atoms with van der Waals surface area (Å²) in [6.45, 7) is 2.47. The predicted octanol–water partition coefficient (Wildman–Crippen LogP) is 10.5. The van der Waals surface area contributed by atoms with E-state index < -0.39 is 34.4 Å². The average molecular weight is 958 g/mol. The number of ether oxygens (including phenoxy) is 4. The molecule has 0 unspecified atom stereocenters. The van der Waals surface area contributed by atoms with Crippen molar-refractivity contribution in [2.24, 2.45) is 0 Å². The summed E-state index contributed by atoms with van der Waals surface area (Å²) in [4.78, 5) is 52.8. The molecule has 0 aliphatic rings. The van der Waals surface area contributed by atoms with E-state index in [4.69, 9.17) is 18.9 Å². The number of carboxylic acids is 1. The third-order valence-electron chi connectivity index (χ3n) is 11.2. The van der Waals surface area contributed by atoms with Crippen molar-refractivity contribution in [2.75, 3.05) is 25.3 Å². The molecule has 2 aromatic heterocycles. The van der Waals surface area contributed by atoms with Crippen LogP contribution in [-0.2, 0) is 18.0 Å². The first-order valence-electron chi connectivity index (χ1n) is 22.2. The number of hydrogen-bond donors (Lipinski definition) is 2. The van der Waals surface area contributed by atoms with E-state index in [2.05, 4.69) is 0 Å². The number of phenolic OH excluding ortho intramolecular Hbond substituents is 1. The number of aromatic nitrogens is 2. The first-order chi connectivity index (χ1) is 34.4. The molecule has 13 nitrogen and oxygen atoms in total. The molecule has 0 saturated carbocycles. The number of benzene rings is 7. The highest BCUT2D eigenvalue weighted by molar-refractivity contribution is 6.07. The Labute approximate surface area is 405 Å². The van der Waals surface area contributed by atoms with Gasteiger partial charge in [0, 0.05) is 84.2 Å². The summed E-state index contributed by atoms with van der Waals surface area (Å²) < 4.78 is 53.4. The maximum Gasteiger partial charge on any atom is 0.341 e. The number of halogens is 2. The molecule has 0 aliphatic heterocycles. The monoisotopic (exact) mass is 957 g/mol. The number of carboxylic acid groups (broad SMARTS) is 1. The fraction of sp³-hybridized carbons (Fsp3) is 0.107. The Kier molecular flexibility index (Phi) is 14.9. The minimum atomic E-state index is -1.29. The third-order valence-corrected chi connectivity index (χ3v) is 11.2. The van der Waals surface area contributed by atoms with Crippen molar-refractivity contribution < 1.29 is 47.5 Å². The van der Waals surface area contributed by atoms with Crippen LogP contribution >= 0.6 is 0 Å². The smallest absolute Gasteiger partial charge is 0.341 e. The van der Waals surface area contributed by atoms with Gasteiger partial charge >= 0.3 is 5.97 Å². The van der Waals surface area contributed by atoms with E-state index in [0.717, 1.165) is 28.2 Å². The number of hydrogen-bond acceptors (Lipinski definition) is 9. The summed E-state index contributed by atoms with van der Waals surface area (Å²) in [6, 6.07) is 45.5. The Balaban J connectivity index is 0.000000194. The number of phenols is 1. The van der Waals surface area contributed by atoms with Gasteiger partial charge in [0.05, 0.1) is 11.0 Å². The largest absolute Gasteiger partial charge is 0.508 e. The number of anilines is 1. The molecule has 0 bridgehead atoms. The molecule has 0 atom stereocenters. The number of pyridine rings is 2. The molecule has 9 rings (SSSR count). The lowest BCUT2D eigenvalue weighted by molar-refractivity contribution is 0.0511. The summed E-state index contributed by atoms with van der Waals surface area (Å²) >= 11 is 0. The van der Waals surface area contributed by atoms with Crippen molar-refractivity contribution >= 4 is 39.4 Å². The van der Waals surface area contributed by atoms with Gasteiger partial charge in [0.1, 0.15) is 59.0 Å². The van der Waals surface area contributed by atoms with Crippen molar-refractivity contribution in [3.63, 3.8) is 0 Å². The van der Waals surface area contributed by atoms with Crippen LogP contribution in [0.3, 0.4) is 0 Å². The first-order valence-corrected chi connectivity index (χ1v) is 22.2. The molecule has 2 N–H and O–H groups in total. The predicted molar refractivity (Wildman–Crippen MR) is 265 cm³/mol. The highest BCUT2D eigenvalue weighted by Crippen LogP contribution is 2.28. The number of carbonyl (C=O) groups is 2. The Morgan fingerprint density at radius 1 is 0.577 bits per heavy atom. The van der Waals surface area contributed by atoms with E-state index in [9.17, 15) is 38.2 Å². The fourth-order valence-electron chi connectivity index (χ4n) is 7.78. The average Bonchev–Trinajstić information content (AvgIpc) is 3.37. The molecule has 9 aromatic rings. The van der Waals surface area contributed by atoms with Gasteiger partial charge < -0.3 is 43.2 Å². The summed E-state index contributed by atoms with van der Waals surface area (Å²) in [6.07, 6.45) is 2.70. The Bertz CT molecular complexity index is 3490. The third kappa shape index (κ3) is 11.3. The minimum Gasteiger partial charge on any atom is -0.508 e. The number of rotatable bonds is 15. The van der Waals surface area contributed by atoms with Gasteiger partial charge in [-0.2, -0.15) is 0 Å². The number of nitrogens with zero attached hydrogens (tertiary/aromatic N) is 3. The molecule has 0 saturated heterocycles. The van der Waals surface area contributed by atoms with E-state index >= 15 is 0 Å². The van der Waals surface area contributed by atoms with E-state index in [1.807, 2.05) is 60.7 Å². The van der Waals surface area contributed by atoms with Gasteiger partial charge in [-0.05, 0) is 78.7 Å². The molecule has 15 heteroatoms. The molecule has 0 radical (unpaired) electrons. The Morgan fingerprint density at radius 2 is 1.08 bits per heavy atom. The number of methoxy groups -OCH3 is 1. The quantitative estimate of drug-likeness (QED) is 0.0947. The van der Waals surface area contributed by atoms with Gasteiger partial charge in [-0.1, -0.05) is 72.8 Å². The standard InChI is InChI=1S/C31H24F2N2O4.C25H21NO6/c1-2-34(24-14-21(32)13-22(33)15-24)31(38)28-18-35(23-9-6-10-25(36)16-23)29-17-26(11-12-27(29)30(28)37)39-19-20-7-4-3-5-8-20;1-30-16-32-19-9-5-8-18(12-19)26-14-22(25(28)29)24(27)21-11-10-20(13-23(21)26)31-15-17-6-3-2-4-7-17/h3-18,36H,2,19H2,1H3;2-14H,15-16H2,1H3,(H,28,29). The van der Waals surface area contributed by atoms with E-state index in [1.165, 1.54) is 31.6 Å². The zero-order valence-electron chi connectivity index (χ0n) is 38.3. The summed E-state index contributed by atoms with van der Waals surface area (Å²) in [7, 11) is 1.52. The first kappa shape index (κ1) is 48.4. The van der Waals surface area contributed by atoms with Crippen molar-refractivity contribution in [3.05, 3.63) is 231 Å². The lowest BCUT2D eigenvalue weighted by Crippen LogP contribution is -2.35. The molecular weight excluding hydrogens is 913 g/mol. The topological polar surface area (TPSA) is 159 Å². The molecule has 358 valence electrons. The number of fused-ring (bicyclic) bond motifs is 2. The molecule has 7 aromatic carbocycles. The summed E-state index contributed by atoms with van der Waals surface area (Å²) in [5.41, 5.74) is 2.46. The molecule has 1 amide bonds. The van der Waals surface area contributed by atoms with Crippen molar-refractivity contribution in [3.8, 4) is 34.4 Å². The van der Waals surface area contributed by atoms with Crippen LogP contribution in [0.5, 0.6) is 23.0 Å². The Hall–Kier alpha value is -9.08. The van der Waals surface area contributed by atoms with Crippen molar-refractivity contribution in [2.45, 2.75) is 20.1 Å². The van der Waals surface area contributed by atoms with Gasteiger partial charge in [-0.15, -0.1) is 0 Å². The second-order valence-corrected chi connectivity index (χ2v) is 15.9. The van der Waals surface area contributed by atoms with Gasteiger partial charge in [-0.3, -0.25) is 14.4 Å². The second-order valence-electron chi connectivity index (χ2n) is 15.9. The highest BCUT2D eigenvalue weighted by atomic mass is 19.1. The molecular formula is C56H45F2N3O10. The summed E-state index contributed by atoms with van der Waals surface area (Å²) in [5, 5.41) is 20.2. The number of aromatic carboxylic acids is 1. The van der Waals surface area contributed by atoms with Crippen LogP contribution in [0.15, 0.2) is 186 Å². The van der Waals surface area contributed by atoms with Crippen LogP contribution in [0.1, 0.15) is 38.8 Å². The Morgan fingerprint density at radius 3 is 1.61 bits per heavy atom. The van der Waals surface area contributed by atoms with Gasteiger partial charge in [0.2, 0.25) is 10.9 Å². The second kappa shape index (κ2) is 21.9. The van der Waals surface area contributed by atoms with E-state index in [1.54, 1.807) is 88.9 Å². The normalized spacial score (nSPS) is 10.9. The van der Waals surface area contributed by atoms with Crippen molar-refractivity contribution in [1.82, 2.24) is 9.13 Å². The van der Waals surface area contributed by atoms with E-state index in [0.29, 0.717) is 58.9 Å². The molecule has 0 fully saturated rings. The lowest BCUT2D eigenvalue weighted by Gasteiger charge is -2.22. The van der Waals surface area contributed by atoms with E-state index in [-0.39, 0.29) is 46.7 Å². The van der Waals surface area contributed by atoms with Crippen LogP contribution in [0.25, 0.3) is 33.2 Å². The van der Waals surface area contributed by atoms with Crippen molar-refractivity contribution in [1.29, 1.82) is 0 Å². The number of aromatic hydroxyl groups is 1. The lowest BCUT2D eigenvalue weighted by atomic mass is 10.1. The van der Waals surface area contributed by atoms with Crippen LogP contribution in [-0.4, -0.2) is 51.7 Å². The minimum absolute atomic E-state index is 0.00544. The molecule has 0 spiro atoms. The highest BCUT2D eigenvalue weighted by Gasteiger charge is 2.24. The summed E-state index contributed by atoms with van der Waals surface area (Å²) in [5.74, 6) is -2.08. The SMILES string of the molecule is CCN(C(=O)c1cn(-c2cccc(O)c2)c2cc(OCc3ccccc3)ccc2c1=O)c1cc(F)cc(F)c1.COCOc1cccc(-n2cc(C(=O)O)c(=O)c3ccc(OCc4ccccc4)cc32)c1. The van der Waals surface area contributed by atoms with Gasteiger partial charge in [-0.25, -0.2) is 13.6 Å². The molecule has 2 heterocycles.